The lowest BCUT2D eigenvalue weighted by Crippen LogP contribution is -2.39. The number of aliphatic hydroxyl groups is 1. The Balaban J connectivity index is 2.00. The molecule has 0 spiro atoms. The van der Waals surface area contributed by atoms with Crippen molar-refractivity contribution in [1.29, 1.82) is 0 Å². The quantitative estimate of drug-likeness (QED) is 0.703. The standard InChI is InChI=1S/C14H20N2O3S2/c15-14(20)11-3-1-2-10(8-11)9-21(18,19)16-12-4-6-13(17)7-5-12/h1-3,8,12-13,16-17H,4-7,9H2,(H2,15,20). The third-order valence-electron chi connectivity index (χ3n) is 3.61. The molecular weight excluding hydrogens is 308 g/mol. The van der Waals surface area contributed by atoms with Crippen LogP contribution in [0.5, 0.6) is 0 Å². The number of aliphatic hydroxyl groups excluding tert-OH is 1. The predicted octanol–water partition coefficient (Wildman–Crippen LogP) is 1.04. The summed E-state index contributed by atoms with van der Waals surface area (Å²) >= 11 is 4.89. The first-order valence-electron chi connectivity index (χ1n) is 6.92. The van der Waals surface area contributed by atoms with E-state index in [9.17, 15) is 13.5 Å². The first-order valence-corrected chi connectivity index (χ1v) is 8.98. The zero-order chi connectivity index (χ0) is 15.5. The van der Waals surface area contributed by atoms with Gasteiger partial charge < -0.3 is 10.8 Å². The van der Waals surface area contributed by atoms with Crippen molar-refractivity contribution in [3.63, 3.8) is 0 Å². The molecule has 4 N–H and O–H groups in total. The average Bonchev–Trinajstić information content (AvgIpc) is 2.41. The van der Waals surface area contributed by atoms with Gasteiger partial charge in [0, 0.05) is 11.6 Å². The number of nitrogens with two attached hydrogens (primary N) is 1. The summed E-state index contributed by atoms with van der Waals surface area (Å²) in [7, 11) is -3.41. The van der Waals surface area contributed by atoms with Crippen molar-refractivity contribution in [2.45, 2.75) is 43.6 Å². The Morgan fingerprint density at radius 2 is 2.00 bits per heavy atom. The fraction of sp³-hybridized carbons (Fsp3) is 0.500. The fourth-order valence-corrected chi connectivity index (χ4v) is 4.10. The van der Waals surface area contributed by atoms with E-state index in [1.54, 1.807) is 24.3 Å². The highest BCUT2D eigenvalue weighted by atomic mass is 32.2. The van der Waals surface area contributed by atoms with Crippen molar-refractivity contribution in [2.75, 3.05) is 0 Å². The zero-order valence-corrected chi connectivity index (χ0v) is 13.3. The lowest BCUT2D eigenvalue weighted by molar-refractivity contribution is 0.120. The maximum Gasteiger partial charge on any atom is 0.216 e. The molecule has 1 aliphatic rings. The molecule has 0 aromatic heterocycles. The van der Waals surface area contributed by atoms with E-state index < -0.39 is 10.0 Å². The van der Waals surface area contributed by atoms with Gasteiger partial charge in [-0.05, 0) is 37.3 Å². The van der Waals surface area contributed by atoms with Gasteiger partial charge in [-0.15, -0.1) is 0 Å². The van der Waals surface area contributed by atoms with E-state index in [4.69, 9.17) is 18.0 Å². The van der Waals surface area contributed by atoms with Gasteiger partial charge in [0.15, 0.2) is 0 Å². The van der Waals surface area contributed by atoms with Crippen LogP contribution < -0.4 is 10.5 Å². The highest BCUT2D eigenvalue weighted by molar-refractivity contribution is 7.88. The van der Waals surface area contributed by atoms with Crippen LogP contribution in [-0.4, -0.2) is 30.7 Å². The van der Waals surface area contributed by atoms with Crippen LogP contribution >= 0.6 is 12.2 Å². The van der Waals surface area contributed by atoms with Gasteiger partial charge in [0.05, 0.1) is 11.9 Å². The molecule has 116 valence electrons. The van der Waals surface area contributed by atoms with E-state index in [0.29, 0.717) is 36.8 Å². The SMILES string of the molecule is NC(=S)c1cccc(CS(=O)(=O)NC2CCC(O)CC2)c1. The summed E-state index contributed by atoms with van der Waals surface area (Å²) in [6.45, 7) is 0. The monoisotopic (exact) mass is 328 g/mol. The van der Waals surface area contributed by atoms with Crippen LogP contribution in [-0.2, 0) is 15.8 Å². The lowest BCUT2D eigenvalue weighted by atomic mass is 9.94. The smallest absolute Gasteiger partial charge is 0.216 e. The van der Waals surface area contributed by atoms with E-state index in [-0.39, 0.29) is 22.9 Å². The van der Waals surface area contributed by atoms with Crippen molar-refractivity contribution in [3.05, 3.63) is 35.4 Å². The molecule has 1 aliphatic carbocycles. The molecule has 2 rings (SSSR count). The first-order chi connectivity index (χ1) is 9.85. The van der Waals surface area contributed by atoms with Crippen LogP contribution in [0, 0.1) is 0 Å². The normalized spacial score (nSPS) is 22.9. The second-order valence-electron chi connectivity index (χ2n) is 5.45. The van der Waals surface area contributed by atoms with Crippen molar-refractivity contribution in [3.8, 4) is 0 Å². The Morgan fingerprint density at radius 3 is 2.62 bits per heavy atom. The molecule has 0 bridgehead atoms. The fourth-order valence-electron chi connectivity index (χ4n) is 2.52. The van der Waals surface area contributed by atoms with Crippen LogP contribution in [0.3, 0.4) is 0 Å². The van der Waals surface area contributed by atoms with Crippen LogP contribution in [0.25, 0.3) is 0 Å². The molecule has 0 atom stereocenters. The lowest BCUT2D eigenvalue weighted by Gasteiger charge is -2.26. The van der Waals surface area contributed by atoms with Crippen LogP contribution in [0.15, 0.2) is 24.3 Å². The van der Waals surface area contributed by atoms with Crippen molar-refractivity contribution < 1.29 is 13.5 Å². The molecule has 0 saturated heterocycles. The highest BCUT2D eigenvalue weighted by Gasteiger charge is 2.23. The van der Waals surface area contributed by atoms with Crippen molar-refractivity contribution in [2.24, 2.45) is 5.73 Å². The van der Waals surface area contributed by atoms with E-state index in [2.05, 4.69) is 4.72 Å². The Morgan fingerprint density at radius 1 is 1.33 bits per heavy atom. The van der Waals surface area contributed by atoms with E-state index in [1.807, 2.05) is 0 Å². The molecule has 1 aromatic carbocycles. The molecule has 1 aromatic rings. The molecule has 1 fully saturated rings. The van der Waals surface area contributed by atoms with Gasteiger partial charge in [0.1, 0.15) is 4.99 Å². The summed E-state index contributed by atoms with van der Waals surface area (Å²) < 4.78 is 27.1. The minimum atomic E-state index is -3.41. The van der Waals surface area contributed by atoms with E-state index in [1.165, 1.54) is 0 Å². The summed E-state index contributed by atoms with van der Waals surface area (Å²) in [6.07, 6.45) is 2.34. The van der Waals surface area contributed by atoms with Gasteiger partial charge in [-0.3, -0.25) is 0 Å². The third kappa shape index (κ3) is 5.03. The number of hydrogen-bond donors (Lipinski definition) is 3. The third-order valence-corrected chi connectivity index (χ3v) is 5.25. The van der Waals surface area contributed by atoms with Crippen molar-refractivity contribution in [1.82, 2.24) is 4.72 Å². The molecular formula is C14H20N2O3S2. The van der Waals surface area contributed by atoms with Gasteiger partial charge in [-0.25, -0.2) is 13.1 Å². The maximum atomic E-state index is 12.2. The maximum absolute atomic E-state index is 12.2. The van der Waals surface area contributed by atoms with Crippen molar-refractivity contribution >= 4 is 27.2 Å². The minimum absolute atomic E-state index is 0.0860. The molecule has 0 unspecified atom stereocenters. The van der Waals surface area contributed by atoms with Gasteiger partial charge in [-0.1, -0.05) is 30.4 Å². The summed E-state index contributed by atoms with van der Waals surface area (Å²) in [5, 5.41) is 9.44. The second kappa shape index (κ2) is 6.83. The number of nitrogens with one attached hydrogen (secondary N) is 1. The Labute approximate surface area is 130 Å². The highest BCUT2D eigenvalue weighted by Crippen LogP contribution is 2.19. The van der Waals surface area contributed by atoms with Gasteiger partial charge in [-0.2, -0.15) is 0 Å². The molecule has 7 heteroatoms. The molecule has 0 amide bonds. The Bertz CT molecular complexity index is 608. The first kappa shape index (κ1) is 16.4. The van der Waals surface area contributed by atoms with Gasteiger partial charge in [0.25, 0.3) is 0 Å². The predicted molar refractivity (Wildman–Crippen MR) is 86.4 cm³/mol. The molecule has 1 saturated carbocycles. The van der Waals surface area contributed by atoms with Gasteiger partial charge in [0.2, 0.25) is 10.0 Å². The number of thiocarbonyl (C=S) groups is 1. The Hall–Kier alpha value is -1.02. The number of hydrogen-bond acceptors (Lipinski definition) is 4. The number of rotatable bonds is 5. The van der Waals surface area contributed by atoms with Crippen LogP contribution in [0.4, 0.5) is 0 Å². The average molecular weight is 328 g/mol. The van der Waals surface area contributed by atoms with Crippen LogP contribution in [0.1, 0.15) is 36.8 Å². The summed E-state index contributed by atoms with van der Waals surface area (Å²) in [5.41, 5.74) is 6.87. The van der Waals surface area contributed by atoms with E-state index in [0.717, 1.165) is 0 Å². The summed E-state index contributed by atoms with van der Waals surface area (Å²) in [4.78, 5) is 0.253. The molecule has 0 heterocycles. The number of benzene rings is 1. The topological polar surface area (TPSA) is 92.4 Å². The zero-order valence-electron chi connectivity index (χ0n) is 11.7. The summed E-state index contributed by atoms with van der Waals surface area (Å²) in [5.74, 6) is -0.0947. The Kier molecular flexibility index (Phi) is 5.32. The minimum Gasteiger partial charge on any atom is -0.393 e. The van der Waals surface area contributed by atoms with Crippen LogP contribution in [0.2, 0.25) is 0 Å². The largest absolute Gasteiger partial charge is 0.393 e. The van der Waals surface area contributed by atoms with Gasteiger partial charge >= 0.3 is 0 Å². The second-order valence-corrected chi connectivity index (χ2v) is 7.64. The summed E-state index contributed by atoms with van der Waals surface area (Å²) in [6, 6.07) is 6.86. The molecule has 0 aliphatic heterocycles. The molecule has 0 radical (unpaired) electrons. The molecule has 5 nitrogen and oxygen atoms in total. The number of sulfonamides is 1. The van der Waals surface area contributed by atoms with E-state index >= 15 is 0 Å². The molecule has 21 heavy (non-hydrogen) atoms.